The van der Waals surface area contributed by atoms with E-state index in [1.807, 2.05) is 26.8 Å². The Morgan fingerprint density at radius 1 is 0.951 bits per heavy atom. The summed E-state index contributed by atoms with van der Waals surface area (Å²) in [4.78, 5) is 52.2. The Balaban J connectivity index is 1.48. The summed E-state index contributed by atoms with van der Waals surface area (Å²) < 4.78 is 16.2. The maximum absolute atomic E-state index is 13.5. The lowest BCUT2D eigenvalue weighted by Crippen LogP contribution is -2.34. The summed E-state index contributed by atoms with van der Waals surface area (Å²) in [7, 11) is 1.24. The molecule has 212 valence electrons. The van der Waals surface area contributed by atoms with Crippen LogP contribution in [0.25, 0.3) is 6.08 Å². The third-order valence-corrected chi connectivity index (χ3v) is 6.56. The van der Waals surface area contributed by atoms with Crippen LogP contribution in [0.15, 0.2) is 75.9 Å². The van der Waals surface area contributed by atoms with Gasteiger partial charge >= 0.3 is 17.8 Å². The molecule has 0 bridgehead atoms. The fraction of sp³-hybridized carbons (Fsp3) is 0.226. The van der Waals surface area contributed by atoms with Crippen molar-refractivity contribution in [2.45, 2.75) is 34.2 Å². The number of rotatable bonds is 8. The van der Waals surface area contributed by atoms with E-state index in [0.717, 1.165) is 11.1 Å². The van der Waals surface area contributed by atoms with Gasteiger partial charge in [-0.05, 0) is 93.4 Å². The number of esters is 1. The predicted molar refractivity (Wildman–Crippen MR) is 153 cm³/mol. The Morgan fingerprint density at radius 3 is 2.34 bits per heavy atom. The molecule has 0 unspecified atom stereocenters. The minimum absolute atomic E-state index is 0.0622. The molecule has 3 amide bonds. The van der Waals surface area contributed by atoms with Gasteiger partial charge in [-0.3, -0.25) is 19.3 Å². The molecule has 0 spiro atoms. The van der Waals surface area contributed by atoms with Gasteiger partial charge < -0.3 is 24.5 Å². The number of allylic oxidation sites excluding steroid dienone is 1. The molecule has 0 atom stereocenters. The normalized spacial score (nSPS) is 13.9. The minimum atomic E-state index is -0.831. The number of ether oxygens (including phenoxy) is 2. The first kappa shape index (κ1) is 28.9. The van der Waals surface area contributed by atoms with Gasteiger partial charge in [-0.2, -0.15) is 0 Å². The van der Waals surface area contributed by atoms with E-state index < -0.39 is 23.7 Å². The molecule has 0 radical (unpaired) electrons. The second-order valence-corrected chi connectivity index (χ2v) is 9.32. The summed E-state index contributed by atoms with van der Waals surface area (Å²) in [5.41, 5.74) is 3.76. The highest BCUT2D eigenvalue weighted by Crippen LogP contribution is 2.36. The molecule has 2 aromatic carbocycles. The van der Waals surface area contributed by atoms with Gasteiger partial charge in [-0.15, -0.1) is 0 Å². The van der Waals surface area contributed by atoms with E-state index in [1.165, 1.54) is 18.1 Å². The highest BCUT2D eigenvalue weighted by atomic mass is 16.5. The molecule has 3 aromatic rings. The molecule has 4 rings (SSSR count). The van der Waals surface area contributed by atoms with Crippen molar-refractivity contribution in [1.82, 2.24) is 5.32 Å². The minimum Gasteiger partial charge on any atom is -0.494 e. The van der Waals surface area contributed by atoms with Crippen LogP contribution in [0.3, 0.4) is 0 Å². The van der Waals surface area contributed by atoms with Crippen LogP contribution in [-0.4, -0.2) is 37.4 Å². The standard InChI is InChI=1S/C31H31N3O7/c1-6-40-23-11-9-22(10-12-23)34-20(4)27(31(38)39-5)26(30(34)37)16-24-13-14-25(41-24)17-32-28(35)29(36)33-21-8-7-18(2)19(3)15-21/h7-16H,6,17H2,1-5H3,(H,32,35)(H,33,36)/b26-16+. The van der Waals surface area contributed by atoms with Gasteiger partial charge in [0.15, 0.2) is 0 Å². The zero-order valence-corrected chi connectivity index (χ0v) is 23.5. The number of carbonyl (C=O) groups is 4. The largest absolute Gasteiger partial charge is 0.494 e. The molecule has 0 saturated carbocycles. The molecule has 2 N–H and O–H groups in total. The summed E-state index contributed by atoms with van der Waals surface area (Å²) in [6.07, 6.45) is 1.45. The monoisotopic (exact) mass is 557 g/mol. The number of nitrogens with one attached hydrogen (secondary N) is 2. The lowest BCUT2D eigenvalue weighted by atomic mass is 10.1. The number of anilines is 2. The fourth-order valence-electron chi connectivity index (χ4n) is 4.31. The Morgan fingerprint density at radius 2 is 1.68 bits per heavy atom. The molecule has 10 nitrogen and oxygen atoms in total. The number of methoxy groups -OCH3 is 1. The number of aryl methyl sites for hydroxylation is 2. The lowest BCUT2D eigenvalue weighted by Gasteiger charge is -2.18. The van der Waals surface area contributed by atoms with Crippen molar-refractivity contribution >= 4 is 41.1 Å². The number of nitrogens with zero attached hydrogens (tertiary/aromatic N) is 1. The molecule has 1 aromatic heterocycles. The number of carbonyl (C=O) groups excluding carboxylic acids is 4. The van der Waals surface area contributed by atoms with E-state index in [9.17, 15) is 19.2 Å². The summed E-state index contributed by atoms with van der Waals surface area (Å²) in [5.74, 6) is -1.45. The highest BCUT2D eigenvalue weighted by Gasteiger charge is 2.38. The first-order chi connectivity index (χ1) is 19.6. The summed E-state index contributed by atoms with van der Waals surface area (Å²) in [5, 5.41) is 5.08. The van der Waals surface area contributed by atoms with Crippen molar-refractivity contribution in [3.63, 3.8) is 0 Å². The van der Waals surface area contributed by atoms with Crippen molar-refractivity contribution in [3.8, 4) is 5.75 Å². The van der Waals surface area contributed by atoms with Crippen LogP contribution in [-0.2, 0) is 30.5 Å². The van der Waals surface area contributed by atoms with Gasteiger partial charge in [0.1, 0.15) is 17.3 Å². The van der Waals surface area contributed by atoms with Crippen molar-refractivity contribution < 1.29 is 33.1 Å². The third-order valence-electron chi connectivity index (χ3n) is 6.56. The van der Waals surface area contributed by atoms with Gasteiger partial charge in [0.2, 0.25) is 0 Å². The molecule has 10 heteroatoms. The average Bonchev–Trinajstić information content (AvgIpc) is 3.50. The molecule has 1 aliphatic heterocycles. The second-order valence-electron chi connectivity index (χ2n) is 9.32. The lowest BCUT2D eigenvalue weighted by molar-refractivity contribution is -0.136. The van der Waals surface area contributed by atoms with Gasteiger partial charge in [0.25, 0.3) is 5.91 Å². The molecule has 0 aliphatic carbocycles. The van der Waals surface area contributed by atoms with Gasteiger partial charge in [-0.25, -0.2) is 4.79 Å². The smallest absolute Gasteiger partial charge is 0.340 e. The van der Waals surface area contributed by atoms with E-state index >= 15 is 0 Å². The Hall–Kier alpha value is -5.12. The Bertz CT molecular complexity index is 1560. The fourth-order valence-corrected chi connectivity index (χ4v) is 4.31. The van der Waals surface area contributed by atoms with Gasteiger partial charge in [-0.1, -0.05) is 6.07 Å². The molecule has 0 saturated heterocycles. The third kappa shape index (κ3) is 6.38. The summed E-state index contributed by atoms with van der Waals surface area (Å²) in [6.45, 7) is 7.85. The highest BCUT2D eigenvalue weighted by molar-refractivity contribution is 6.39. The summed E-state index contributed by atoms with van der Waals surface area (Å²) in [6, 6.07) is 15.5. The van der Waals surface area contributed by atoms with Crippen molar-refractivity contribution in [3.05, 3.63) is 94.1 Å². The number of amides is 3. The van der Waals surface area contributed by atoms with Crippen LogP contribution >= 0.6 is 0 Å². The van der Waals surface area contributed by atoms with Crippen LogP contribution in [0, 0.1) is 13.8 Å². The van der Waals surface area contributed by atoms with E-state index in [4.69, 9.17) is 13.9 Å². The van der Waals surface area contributed by atoms with Crippen molar-refractivity contribution in [2.24, 2.45) is 0 Å². The number of benzene rings is 2. The first-order valence-electron chi connectivity index (χ1n) is 13.0. The Kier molecular flexibility index (Phi) is 8.72. The first-order valence-corrected chi connectivity index (χ1v) is 13.0. The quantitative estimate of drug-likeness (QED) is 0.238. The van der Waals surface area contributed by atoms with Crippen LogP contribution < -0.4 is 20.3 Å². The van der Waals surface area contributed by atoms with Crippen molar-refractivity contribution in [1.29, 1.82) is 0 Å². The van der Waals surface area contributed by atoms with Gasteiger partial charge in [0.05, 0.1) is 31.4 Å². The predicted octanol–water partition coefficient (Wildman–Crippen LogP) is 4.43. The van der Waals surface area contributed by atoms with Crippen LogP contribution in [0.4, 0.5) is 11.4 Å². The van der Waals surface area contributed by atoms with E-state index in [2.05, 4.69) is 10.6 Å². The maximum atomic E-state index is 13.5. The van der Waals surface area contributed by atoms with Crippen LogP contribution in [0.2, 0.25) is 0 Å². The maximum Gasteiger partial charge on any atom is 0.340 e. The summed E-state index contributed by atoms with van der Waals surface area (Å²) >= 11 is 0. The van der Waals surface area contributed by atoms with E-state index in [-0.39, 0.29) is 23.5 Å². The molecule has 2 heterocycles. The van der Waals surface area contributed by atoms with Crippen LogP contribution in [0.1, 0.15) is 36.5 Å². The average molecular weight is 558 g/mol. The Labute approximate surface area is 237 Å². The number of furan rings is 1. The van der Waals surface area contributed by atoms with Crippen molar-refractivity contribution in [2.75, 3.05) is 23.9 Å². The molecule has 1 aliphatic rings. The molecule has 0 fully saturated rings. The second kappa shape index (κ2) is 12.4. The molecular weight excluding hydrogens is 526 g/mol. The molecule has 41 heavy (non-hydrogen) atoms. The molecular formula is C31H31N3O7. The van der Waals surface area contributed by atoms with Crippen LogP contribution in [0.5, 0.6) is 5.75 Å². The zero-order chi connectivity index (χ0) is 29.7. The topological polar surface area (TPSA) is 127 Å². The van der Waals surface area contributed by atoms with E-state index in [0.29, 0.717) is 35.2 Å². The van der Waals surface area contributed by atoms with Gasteiger partial charge in [0, 0.05) is 17.1 Å². The number of hydrogen-bond acceptors (Lipinski definition) is 7. The number of hydrogen-bond donors (Lipinski definition) is 2. The van der Waals surface area contributed by atoms with E-state index in [1.54, 1.807) is 55.5 Å². The SMILES string of the molecule is CCOc1ccc(N2C(=O)/C(=C/c3ccc(CNC(=O)C(=O)Nc4ccc(C)c(C)c4)o3)C(C(=O)OC)=C2C)cc1. The zero-order valence-electron chi connectivity index (χ0n) is 23.5.